The molecule has 0 spiro atoms. The van der Waals surface area contributed by atoms with Crippen LogP contribution in [0.3, 0.4) is 0 Å². The van der Waals surface area contributed by atoms with E-state index in [9.17, 15) is 14.0 Å². The van der Waals surface area contributed by atoms with Crippen LogP contribution in [0.4, 0.5) is 16.1 Å². The van der Waals surface area contributed by atoms with Gasteiger partial charge in [-0.3, -0.25) is 14.5 Å². The van der Waals surface area contributed by atoms with Gasteiger partial charge in [-0.2, -0.15) is 4.98 Å². The predicted octanol–water partition coefficient (Wildman–Crippen LogP) is 3.29. The molecule has 0 saturated carbocycles. The van der Waals surface area contributed by atoms with Gasteiger partial charge in [0.1, 0.15) is 11.3 Å². The molecule has 0 bridgehead atoms. The normalized spacial score (nSPS) is 16.9. The second-order valence-electron chi connectivity index (χ2n) is 6.70. The third-order valence-corrected chi connectivity index (χ3v) is 4.83. The number of halogens is 1. The summed E-state index contributed by atoms with van der Waals surface area (Å²) in [5.74, 6) is -1.24. The lowest BCUT2D eigenvalue weighted by Crippen LogP contribution is -2.34. The third kappa shape index (κ3) is 3.05. The van der Waals surface area contributed by atoms with Gasteiger partial charge in [0.2, 0.25) is 11.8 Å². The first-order chi connectivity index (χ1) is 12.9. The molecule has 1 aliphatic rings. The summed E-state index contributed by atoms with van der Waals surface area (Å²) < 4.78 is 19.1. The maximum atomic E-state index is 13.5. The SMILES string of the molecule is Cc1cc(N2CC(C(=O)N(C)c3nc4ccccc4o3)CC2=O)ccc1F. The molecule has 3 aromatic rings. The number of fused-ring (bicyclic) bond motifs is 1. The van der Waals surface area contributed by atoms with Crippen molar-refractivity contribution in [1.82, 2.24) is 4.98 Å². The second-order valence-corrected chi connectivity index (χ2v) is 6.70. The molecule has 2 aromatic carbocycles. The number of carbonyl (C=O) groups excluding carboxylic acids is 2. The van der Waals surface area contributed by atoms with Gasteiger partial charge in [-0.25, -0.2) is 4.39 Å². The van der Waals surface area contributed by atoms with Gasteiger partial charge in [-0.15, -0.1) is 0 Å². The van der Waals surface area contributed by atoms with Gasteiger partial charge in [0.15, 0.2) is 5.58 Å². The molecule has 1 fully saturated rings. The number of amides is 2. The lowest BCUT2D eigenvalue weighted by atomic mass is 10.1. The van der Waals surface area contributed by atoms with Crippen LogP contribution in [0.2, 0.25) is 0 Å². The highest BCUT2D eigenvalue weighted by atomic mass is 19.1. The molecule has 1 aliphatic heterocycles. The number of rotatable bonds is 3. The molecule has 6 nitrogen and oxygen atoms in total. The predicted molar refractivity (Wildman–Crippen MR) is 99.0 cm³/mol. The summed E-state index contributed by atoms with van der Waals surface area (Å²) in [6, 6.07) is 12.0. The van der Waals surface area contributed by atoms with Crippen molar-refractivity contribution in [3.8, 4) is 0 Å². The van der Waals surface area contributed by atoms with E-state index in [1.807, 2.05) is 12.1 Å². The second kappa shape index (κ2) is 6.50. The monoisotopic (exact) mass is 367 g/mol. The van der Waals surface area contributed by atoms with E-state index in [1.54, 1.807) is 38.2 Å². The van der Waals surface area contributed by atoms with Gasteiger partial charge in [0.25, 0.3) is 0 Å². The molecular formula is C20H18FN3O3. The molecule has 1 unspecified atom stereocenters. The summed E-state index contributed by atoms with van der Waals surface area (Å²) in [5.41, 5.74) is 2.31. The number of carbonyl (C=O) groups is 2. The molecule has 7 heteroatoms. The molecule has 1 aromatic heterocycles. The lowest BCUT2D eigenvalue weighted by Gasteiger charge is -2.19. The average Bonchev–Trinajstić information content (AvgIpc) is 3.26. The van der Waals surface area contributed by atoms with Crippen LogP contribution in [0.1, 0.15) is 12.0 Å². The van der Waals surface area contributed by atoms with Crippen LogP contribution < -0.4 is 9.80 Å². The highest BCUT2D eigenvalue weighted by Crippen LogP contribution is 2.29. The maximum Gasteiger partial charge on any atom is 0.304 e. The zero-order chi connectivity index (χ0) is 19.1. The fourth-order valence-electron chi connectivity index (χ4n) is 3.29. The number of nitrogens with zero attached hydrogens (tertiary/aromatic N) is 3. The van der Waals surface area contributed by atoms with Crippen molar-refractivity contribution >= 4 is 34.6 Å². The minimum atomic E-state index is -0.511. The van der Waals surface area contributed by atoms with Gasteiger partial charge in [0, 0.05) is 25.7 Å². The summed E-state index contributed by atoms with van der Waals surface area (Å²) in [7, 11) is 1.59. The van der Waals surface area contributed by atoms with Crippen LogP contribution >= 0.6 is 0 Å². The van der Waals surface area contributed by atoms with E-state index in [4.69, 9.17) is 4.42 Å². The fourth-order valence-corrected chi connectivity index (χ4v) is 3.29. The summed E-state index contributed by atoms with van der Waals surface area (Å²) >= 11 is 0. The van der Waals surface area contributed by atoms with Gasteiger partial charge in [-0.05, 0) is 42.8 Å². The van der Waals surface area contributed by atoms with Crippen molar-refractivity contribution in [2.45, 2.75) is 13.3 Å². The number of oxazole rings is 1. The minimum absolute atomic E-state index is 0.0970. The average molecular weight is 367 g/mol. The van der Waals surface area contributed by atoms with E-state index >= 15 is 0 Å². The molecular weight excluding hydrogens is 349 g/mol. The van der Waals surface area contributed by atoms with Crippen molar-refractivity contribution in [2.75, 3.05) is 23.4 Å². The fraction of sp³-hybridized carbons (Fsp3) is 0.250. The van der Waals surface area contributed by atoms with E-state index in [2.05, 4.69) is 4.98 Å². The number of hydrogen-bond acceptors (Lipinski definition) is 4. The molecule has 0 aliphatic carbocycles. The molecule has 1 atom stereocenters. The molecule has 27 heavy (non-hydrogen) atoms. The molecule has 0 radical (unpaired) electrons. The number of aryl methyl sites for hydroxylation is 1. The number of anilines is 2. The highest BCUT2D eigenvalue weighted by molar-refractivity contribution is 6.03. The van der Waals surface area contributed by atoms with E-state index in [0.29, 0.717) is 22.4 Å². The van der Waals surface area contributed by atoms with E-state index in [0.717, 1.165) is 0 Å². The summed E-state index contributed by atoms with van der Waals surface area (Å²) in [6.45, 7) is 1.89. The van der Waals surface area contributed by atoms with Crippen molar-refractivity contribution < 1.29 is 18.4 Å². The van der Waals surface area contributed by atoms with Gasteiger partial charge >= 0.3 is 6.01 Å². The smallest absolute Gasteiger partial charge is 0.304 e. The van der Waals surface area contributed by atoms with Gasteiger partial charge in [0.05, 0.1) is 5.92 Å². The third-order valence-electron chi connectivity index (χ3n) is 4.83. The number of para-hydroxylation sites is 2. The van der Waals surface area contributed by atoms with Crippen molar-refractivity contribution in [3.05, 3.63) is 53.8 Å². The molecule has 2 heterocycles. The Morgan fingerprint density at radius 1 is 1.30 bits per heavy atom. The van der Waals surface area contributed by atoms with Crippen LogP contribution in [-0.2, 0) is 9.59 Å². The number of benzene rings is 2. The number of hydrogen-bond donors (Lipinski definition) is 0. The zero-order valence-corrected chi connectivity index (χ0v) is 15.0. The Morgan fingerprint density at radius 3 is 2.81 bits per heavy atom. The minimum Gasteiger partial charge on any atom is -0.423 e. The maximum absolute atomic E-state index is 13.5. The van der Waals surface area contributed by atoms with E-state index < -0.39 is 5.92 Å². The van der Waals surface area contributed by atoms with Crippen molar-refractivity contribution in [2.24, 2.45) is 5.92 Å². The first-order valence-corrected chi connectivity index (χ1v) is 8.63. The molecule has 4 rings (SSSR count). The van der Waals surface area contributed by atoms with Crippen molar-refractivity contribution in [3.63, 3.8) is 0 Å². The zero-order valence-electron chi connectivity index (χ0n) is 15.0. The largest absolute Gasteiger partial charge is 0.423 e. The number of aromatic nitrogens is 1. The topological polar surface area (TPSA) is 66.7 Å². The first kappa shape index (κ1) is 17.2. The Hall–Kier alpha value is -3.22. The Bertz CT molecular complexity index is 1010. The van der Waals surface area contributed by atoms with Crippen LogP contribution in [0.5, 0.6) is 0 Å². The summed E-state index contributed by atoms with van der Waals surface area (Å²) in [5, 5.41) is 0. The van der Waals surface area contributed by atoms with Crippen LogP contribution in [0.15, 0.2) is 46.9 Å². The van der Waals surface area contributed by atoms with Crippen LogP contribution in [-0.4, -0.2) is 30.4 Å². The van der Waals surface area contributed by atoms with Crippen LogP contribution in [0, 0.1) is 18.7 Å². The summed E-state index contributed by atoms with van der Waals surface area (Å²) in [6.07, 6.45) is 0.0970. The highest BCUT2D eigenvalue weighted by Gasteiger charge is 2.37. The van der Waals surface area contributed by atoms with E-state index in [1.165, 1.54) is 15.9 Å². The standard InChI is InChI=1S/C20H18FN3O3/c1-12-9-14(7-8-15(12)21)24-11-13(10-18(24)25)19(26)23(2)20-22-16-5-3-4-6-17(16)27-20/h3-9,13H,10-11H2,1-2H3. The summed E-state index contributed by atoms with van der Waals surface area (Å²) in [4.78, 5) is 32.4. The molecule has 0 N–H and O–H groups in total. The molecule has 1 saturated heterocycles. The Balaban J connectivity index is 1.53. The quantitative estimate of drug-likeness (QED) is 0.712. The Labute approximate surface area is 155 Å². The van der Waals surface area contributed by atoms with Gasteiger partial charge < -0.3 is 9.32 Å². The molecule has 138 valence electrons. The van der Waals surface area contributed by atoms with Crippen LogP contribution in [0.25, 0.3) is 11.1 Å². The molecule has 2 amide bonds. The van der Waals surface area contributed by atoms with Crippen molar-refractivity contribution in [1.29, 1.82) is 0 Å². The van der Waals surface area contributed by atoms with Gasteiger partial charge in [-0.1, -0.05) is 12.1 Å². The van der Waals surface area contributed by atoms with E-state index in [-0.39, 0.29) is 36.6 Å². The first-order valence-electron chi connectivity index (χ1n) is 8.63. The Kier molecular flexibility index (Phi) is 4.14. The Morgan fingerprint density at radius 2 is 2.07 bits per heavy atom. The lowest BCUT2D eigenvalue weighted by molar-refractivity contribution is -0.124.